The number of hydrogen-bond donors (Lipinski definition) is 3. The second-order valence-corrected chi connectivity index (χ2v) is 8.92. The van der Waals surface area contributed by atoms with Gasteiger partial charge >= 0.3 is 6.18 Å². The van der Waals surface area contributed by atoms with Crippen molar-refractivity contribution in [3.05, 3.63) is 59.4 Å². The van der Waals surface area contributed by atoms with E-state index in [4.69, 9.17) is 0 Å². The summed E-state index contributed by atoms with van der Waals surface area (Å²) in [6, 6.07) is 6.13. The average Bonchev–Trinajstić information content (AvgIpc) is 2.79. The Bertz CT molecular complexity index is 1030. The quantitative estimate of drug-likeness (QED) is 0.596. The molecule has 0 bridgehead atoms. The predicted octanol–water partition coefficient (Wildman–Crippen LogP) is 3.06. The van der Waals surface area contributed by atoms with E-state index in [0.29, 0.717) is 17.7 Å². The van der Waals surface area contributed by atoms with E-state index in [1.807, 2.05) is 0 Å². The number of hydrogen-bond acceptors (Lipinski definition) is 5. The summed E-state index contributed by atoms with van der Waals surface area (Å²) in [5.74, 6) is -0.499. The molecule has 1 saturated carbocycles. The molecular weight excluding hydrogens is 449 g/mol. The number of halogens is 3. The van der Waals surface area contributed by atoms with E-state index in [1.54, 1.807) is 18.5 Å². The Labute approximate surface area is 195 Å². The Hall–Kier alpha value is -3.14. The minimum absolute atomic E-state index is 0.0157. The normalized spacial score (nSPS) is 21.5. The van der Waals surface area contributed by atoms with Crippen molar-refractivity contribution in [3.63, 3.8) is 0 Å². The lowest BCUT2D eigenvalue weighted by Gasteiger charge is -2.46. The van der Waals surface area contributed by atoms with E-state index < -0.39 is 17.6 Å². The van der Waals surface area contributed by atoms with Crippen molar-refractivity contribution in [2.24, 2.45) is 0 Å². The zero-order chi connectivity index (χ0) is 24.3. The Morgan fingerprint density at radius 1 is 1.12 bits per heavy atom. The summed E-state index contributed by atoms with van der Waals surface area (Å²) in [6.07, 6.45) is 2.73. The minimum Gasteiger partial charge on any atom is -0.508 e. The van der Waals surface area contributed by atoms with Gasteiger partial charge in [0, 0.05) is 42.7 Å². The zero-order valence-corrected chi connectivity index (χ0v) is 18.5. The molecule has 1 aliphatic heterocycles. The highest BCUT2D eigenvalue weighted by atomic mass is 19.4. The first kappa shape index (κ1) is 24.0. The fourth-order valence-electron chi connectivity index (χ4n) is 4.75. The third-order valence-electron chi connectivity index (χ3n) is 6.62. The molecule has 2 fully saturated rings. The van der Waals surface area contributed by atoms with E-state index in [-0.39, 0.29) is 24.1 Å². The van der Waals surface area contributed by atoms with Crippen LogP contribution < -0.4 is 10.6 Å². The van der Waals surface area contributed by atoms with Crippen LogP contribution in [0.15, 0.2) is 42.7 Å². The van der Waals surface area contributed by atoms with E-state index >= 15 is 0 Å². The van der Waals surface area contributed by atoms with Crippen molar-refractivity contribution in [3.8, 4) is 5.75 Å². The lowest BCUT2D eigenvalue weighted by Crippen LogP contribution is -2.63. The van der Waals surface area contributed by atoms with Crippen LogP contribution in [0.3, 0.4) is 0 Å². The standard InChI is InChI=1S/C24H27F3N4O3/c25-24(26,27)17-3-1-2-16(10-17)23(34)29-12-22(33)30-18-13-31(14-18)19-6-4-15(5-7-19)20-11-28-9-8-21(20)32/h1-3,8-11,15,18-19H,4-7,12-14H2,(H,28,32)(H,29,34)(H,30,33)/t15-,19+. The third kappa shape index (κ3) is 5.67. The van der Waals surface area contributed by atoms with Crippen LogP contribution >= 0.6 is 0 Å². The highest BCUT2D eigenvalue weighted by Gasteiger charge is 2.36. The van der Waals surface area contributed by atoms with Crippen LogP contribution in [0.1, 0.15) is 53.1 Å². The number of carbonyl (C=O) groups is 2. The van der Waals surface area contributed by atoms with Crippen molar-refractivity contribution in [2.75, 3.05) is 19.6 Å². The molecule has 1 aliphatic carbocycles. The topological polar surface area (TPSA) is 94.6 Å². The van der Waals surface area contributed by atoms with Crippen LogP contribution in [-0.4, -0.2) is 58.5 Å². The fraction of sp³-hybridized carbons (Fsp3) is 0.458. The Morgan fingerprint density at radius 3 is 2.53 bits per heavy atom. The first-order chi connectivity index (χ1) is 16.2. The average molecular weight is 476 g/mol. The molecule has 0 unspecified atom stereocenters. The van der Waals surface area contributed by atoms with Gasteiger partial charge in [0.25, 0.3) is 5.91 Å². The smallest absolute Gasteiger partial charge is 0.416 e. The number of pyridine rings is 1. The Morgan fingerprint density at radius 2 is 1.85 bits per heavy atom. The number of alkyl halides is 3. The van der Waals surface area contributed by atoms with Crippen LogP contribution in [0.25, 0.3) is 0 Å². The summed E-state index contributed by atoms with van der Waals surface area (Å²) in [7, 11) is 0. The molecule has 2 heterocycles. The van der Waals surface area contributed by atoms with Crippen molar-refractivity contribution < 1.29 is 27.9 Å². The molecule has 7 nitrogen and oxygen atoms in total. The molecule has 0 spiro atoms. The number of likely N-dealkylation sites (tertiary alicyclic amines) is 1. The molecule has 10 heteroatoms. The second-order valence-electron chi connectivity index (χ2n) is 8.92. The molecule has 1 aromatic heterocycles. The molecule has 1 saturated heterocycles. The summed E-state index contributed by atoms with van der Waals surface area (Å²) in [5.41, 5.74) is -0.153. The van der Waals surface area contributed by atoms with Crippen molar-refractivity contribution >= 4 is 11.8 Å². The van der Waals surface area contributed by atoms with Gasteiger partial charge in [-0.25, -0.2) is 0 Å². The van der Waals surface area contributed by atoms with Crippen LogP contribution in [0, 0.1) is 0 Å². The monoisotopic (exact) mass is 476 g/mol. The van der Waals surface area contributed by atoms with E-state index in [0.717, 1.165) is 62.5 Å². The summed E-state index contributed by atoms with van der Waals surface area (Å²) in [4.78, 5) is 30.7. The van der Waals surface area contributed by atoms with Crippen LogP contribution in [0.5, 0.6) is 5.75 Å². The Balaban J connectivity index is 1.16. The van der Waals surface area contributed by atoms with Gasteiger partial charge in [-0.05, 0) is 55.9 Å². The van der Waals surface area contributed by atoms with Crippen molar-refractivity contribution in [1.82, 2.24) is 20.5 Å². The van der Waals surface area contributed by atoms with Gasteiger partial charge in [-0.2, -0.15) is 13.2 Å². The number of aromatic hydroxyl groups is 1. The van der Waals surface area contributed by atoms with E-state index in [9.17, 15) is 27.9 Å². The van der Waals surface area contributed by atoms with Crippen LogP contribution in [0.2, 0.25) is 0 Å². The van der Waals surface area contributed by atoms with Gasteiger partial charge < -0.3 is 15.7 Å². The summed E-state index contributed by atoms with van der Waals surface area (Å²) in [6.45, 7) is 1.15. The van der Waals surface area contributed by atoms with Crippen molar-refractivity contribution in [2.45, 2.75) is 49.9 Å². The summed E-state index contributed by atoms with van der Waals surface area (Å²) >= 11 is 0. The van der Waals surface area contributed by atoms with E-state index in [2.05, 4.69) is 20.5 Å². The van der Waals surface area contributed by atoms with Gasteiger partial charge in [0.15, 0.2) is 0 Å². The Kier molecular flexibility index (Phi) is 7.06. The molecule has 1 aromatic carbocycles. The molecule has 34 heavy (non-hydrogen) atoms. The van der Waals surface area contributed by atoms with E-state index in [1.165, 1.54) is 6.07 Å². The molecule has 0 atom stereocenters. The molecule has 3 N–H and O–H groups in total. The first-order valence-corrected chi connectivity index (χ1v) is 11.3. The number of aromatic nitrogens is 1. The predicted molar refractivity (Wildman–Crippen MR) is 118 cm³/mol. The number of amides is 2. The van der Waals surface area contributed by atoms with Crippen molar-refractivity contribution in [1.29, 1.82) is 0 Å². The molecular formula is C24H27F3N4O3. The van der Waals surface area contributed by atoms with Gasteiger partial charge in [-0.1, -0.05) is 6.07 Å². The zero-order valence-electron chi connectivity index (χ0n) is 18.5. The molecule has 2 amide bonds. The lowest BCUT2D eigenvalue weighted by atomic mass is 9.80. The number of rotatable bonds is 6. The second kappa shape index (κ2) is 10.0. The first-order valence-electron chi connectivity index (χ1n) is 11.3. The van der Waals surface area contributed by atoms with Gasteiger partial charge in [0.2, 0.25) is 5.91 Å². The SMILES string of the molecule is O=C(CNC(=O)c1cccc(C(F)(F)F)c1)NC1CN([C@H]2CC[C@@H](c3cnccc3O)CC2)C1. The number of benzene rings is 1. The summed E-state index contributed by atoms with van der Waals surface area (Å²) in [5, 5.41) is 15.3. The largest absolute Gasteiger partial charge is 0.508 e. The van der Waals surface area contributed by atoms with Gasteiger partial charge in [-0.3, -0.25) is 19.5 Å². The molecule has 4 rings (SSSR count). The third-order valence-corrected chi connectivity index (χ3v) is 6.62. The molecule has 182 valence electrons. The molecule has 0 radical (unpaired) electrons. The van der Waals surface area contributed by atoms with Gasteiger partial charge in [-0.15, -0.1) is 0 Å². The number of nitrogens with one attached hydrogen (secondary N) is 2. The fourth-order valence-corrected chi connectivity index (χ4v) is 4.75. The maximum atomic E-state index is 12.8. The summed E-state index contributed by atoms with van der Waals surface area (Å²) < 4.78 is 38.4. The van der Waals surface area contributed by atoms with Gasteiger partial charge in [0.1, 0.15) is 5.75 Å². The number of carbonyl (C=O) groups excluding carboxylic acids is 2. The van der Waals surface area contributed by atoms with Crippen LogP contribution in [0.4, 0.5) is 13.2 Å². The lowest BCUT2D eigenvalue weighted by molar-refractivity contribution is -0.137. The highest BCUT2D eigenvalue weighted by Crippen LogP contribution is 2.38. The highest BCUT2D eigenvalue weighted by molar-refractivity contribution is 5.96. The maximum Gasteiger partial charge on any atom is 0.416 e. The molecule has 2 aliphatic rings. The maximum absolute atomic E-state index is 12.8. The minimum atomic E-state index is -4.54. The number of nitrogens with zero attached hydrogens (tertiary/aromatic N) is 2. The van der Waals surface area contributed by atoms with Crippen LogP contribution in [-0.2, 0) is 11.0 Å². The molecule has 2 aromatic rings. The van der Waals surface area contributed by atoms with Gasteiger partial charge in [0.05, 0.1) is 18.2 Å².